The van der Waals surface area contributed by atoms with E-state index < -0.39 is 17.5 Å². The van der Waals surface area contributed by atoms with E-state index in [1.54, 1.807) is 32.0 Å². The fourth-order valence-electron chi connectivity index (χ4n) is 6.75. The van der Waals surface area contributed by atoms with Gasteiger partial charge in [-0.3, -0.25) is 19.3 Å². The van der Waals surface area contributed by atoms with Gasteiger partial charge in [-0.1, -0.05) is 17.7 Å². The van der Waals surface area contributed by atoms with Crippen LogP contribution in [0, 0.1) is 17.0 Å². The van der Waals surface area contributed by atoms with Crippen molar-refractivity contribution in [3.63, 3.8) is 0 Å². The molecule has 3 heterocycles. The van der Waals surface area contributed by atoms with E-state index in [1.807, 2.05) is 16.8 Å². The summed E-state index contributed by atoms with van der Waals surface area (Å²) in [7, 11) is 6.83. The van der Waals surface area contributed by atoms with Gasteiger partial charge >= 0.3 is 0 Å². The van der Waals surface area contributed by atoms with Crippen LogP contribution in [0.5, 0.6) is 0 Å². The molecule has 3 aromatic rings. The van der Waals surface area contributed by atoms with Crippen LogP contribution in [0.1, 0.15) is 53.2 Å². The molecule has 0 bridgehead atoms. The maximum atomic E-state index is 15.7. The highest BCUT2D eigenvalue weighted by Gasteiger charge is 2.34. The fourth-order valence-corrected chi connectivity index (χ4v) is 7.01. The van der Waals surface area contributed by atoms with Crippen molar-refractivity contribution in [2.75, 3.05) is 72.4 Å². The van der Waals surface area contributed by atoms with Crippen LogP contribution >= 0.6 is 11.6 Å². The van der Waals surface area contributed by atoms with Gasteiger partial charge in [0, 0.05) is 87.7 Å². The number of piperazine rings is 1. The highest BCUT2D eigenvalue weighted by molar-refractivity contribution is 6.34. The number of nitrogens with one attached hydrogen (secondary N) is 2. The van der Waals surface area contributed by atoms with Crippen LogP contribution in [-0.4, -0.2) is 126 Å². The quantitative estimate of drug-likeness (QED) is 0.265. The molecule has 2 aromatic carbocycles. The van der Waals surface area contributed by atoms with Crippen LogP contribution in [0.2, 0.25) is 5.02 Å². The Labute approximate surface area is 307 Å². The van der Waals surface area contributed by atoms with Gasteiger partial charge in [-0.2, -0.15) is 0 Å². The first-order chi connectivity index (χ1) is 24.7. The van der Waals surface area contributed by atoms with Gasteiger partial charge in [-0.25, -0.2) is 13.8 Å². The van der Waals surface area contributed by atoms with E-state index in [1.165, 1.54) is 49.0 Å². The summed E-state index contributed by atoms with van der Waals surface area (Å²) in [6, 6.07) is 7.26. The van der Waals surface area contributed by atoms with E-state index in [-0.39, 0.29) is 62.4 Å². The zero-order valence-electron chi connectivity index (χ0n) is 30.4. The number of carbonyl (C=O) groups is 3. The molecule has 5 rings (SSSR count). The summed E-state index contributed by atoms with van der Waals surface area (Å²) in [5.41, 5.74) is 1.50. The summed E-state index contributed by atoms with van der Waals surface area (Å²) in [6.07, 6.45) is 3.13. The molecule has 2 fully saturated rings. The number of hydrogen-bond acceptors (Lipinski definition) is 8. The molecule has 278 valence electrons. The van der Waals surface area contributed by atoms with Gasteiger partial charge in [0.05, 0.1) is 35.1 Å². The van der Waals surface area contributed by atoms with Crippen LogP contribution in [0.4, 0.5) is 14.5 Å². The lowest BCUT2D eigenvalue weighted by Crippen LogP contribution is -2.54. The molecule has 0 spiro atoms. The lowest BCUT2D eigenvalue weighted by Gasteiger charge is -2.37. The molecule has 0 unspecified atom stereocenters. The van der Waals surface area contributed by atoms with Crippen molar-refractivity contribution in [3.8, 4) is 11.3 Å². The molecule has 3 amide bonds. The first kappa shape index (κ1) is 38.6. The minimum Gasteiger partial charge on any atom is -0.383 e. The third-order valence-corrected chi connectivity index (χ3v) is 10.2. The van der Waals surface area contributed by atoms with Crippen molar-refractivity contribution in [1.82, 2.24) is 29.2 Å². The van der Waals surface area contributed by atoms with Gasteiger partial charge in [0.15, 0.2) is 17.5 Å². The Balaban J connectivity index is 1.27. The van der Waals surface area contributed by atoms with Crippen molar-refractivity contribution in [3.05, 3.63) is 75.8 Å². The van der Waals surface area contributed by atoms with Crippen LogP contribution in [0.15, 0.2) is 42.2 Å². The molecule has 1 atom stereocenters. The normalized spacial score (nSPS) is 16.9. The molecular formula is C37H45ClF2N8O4. The SMILES string of the molecule is COCCN(C)/C(C)=C(\C(C)=N)c1ccc(-c2cnc(C(=O)Nc3ccc(C(=O)N4CCN(C(=O)[C@@H]5CCCN5C)CC4)c(Cl)c3)n2C)c(F)c1F. The number of benzene rings is 2. The Morgan fingerprint density at radius 1 is 1.02 bits per heavy atom. The molecule has 52 heavy (non-hydrogen) atoms. The number of methoxy groups -OCH3 is 1. The van der Waals surface area contributed by atoms with Crippen LogP contribution in [-0.2, 0) is 16.6 Å². The van der Waals surface area contributed by atoms with E-state index in [0.29, 0.717) is 50.7 Å². The Morgan fingerprint density at radius 2 is 1.69 bits per heavy atom. The van der Waals surface area contributed by atoms with Crippen molar-refractivity contribution >= 4 is 46.3 Å². The number of halogens is 3. The molecule has 2 aliphatic heterocycles. The topological polar surface area (TPSA) is 127 Å². The van der Waals surface area contributed by atoms with Crippen LogP contribution < -0.4 is 5.32 Å². The van der Waals surface area contributed by atoms with E-state index in [0.717, 1.165) is 19.4 Å². The molecule has 1 aromatic heterocycles. The number of aromatic nitrogens is 2. The van der Waals surface area contributed by atoms with Crippen LogP contribution in [0.3, 0.4) is 0 Å². The number of carbonyl (C=O) groups excluding carboxylic acids is 3. The van der Waals surface area contributed by atoms with Crippen molar-refractivity contribution in [1.29, 1.82) is 5.41 Å². The van der Waals surface area contributed by atoms with Gasteiger partial charge in [-0.15, -0.1) is 0 Å². The van der Waals surface area contributed by atoms with Crippen molar-refractivity contribution < 1.29 is 27.9 Å². The Hall–Kier alpha value is -4.66. The Morgan fingerprint density at radius 3 is 2.31 bits per heavy atom. The molecule has 2 N–H and O–H groups in total. The summed E-state index contributed by atoms with van der Waals surface area (Å²) in [6.45, 7) is 6.74. The number of allylic oxidation sites excluding steroid dienone is 2. The molecule has 15 heteroatoms. The second-order valence-corrected chi connectivity index (χ2v) is 13.6. The number of likely N-dealkylation sites (N-methyl/N-ethyl adjacent to an activating group) is 2. The predicted molar refractivity (Wildman–Crippen MR) is 197 cm³/mol. The number of imidazole rings is 1. The van der Waals surface area contributed by atoms with Gasteiger partial charge in [0.2, 0.25) is 5.91 Å². The third-order valence-electron chi connectivity index (χ3n) is 9.90. The lowest BCUT2D eigenvalue weighted by molar-refractivity contribution is -0.137. The summed E-state index contributed by atoms with van der Waals surface area (Å²) < 4.78 is 37.8. The number of ether oxygens (including phenoxy) is 1. The zero-order chi connectivity index (χ0) is 37.9. The molecule has 0 saturated carbocycles. The van der Waals surface area contributed by atoms with E-state index in [2.05, 4.69) is 15.2 Å². The number of rotatable bonds is 11. The number of hydrogen-bond donors (Lipinski definition) is 2. The highest BCUT2D eigenvalue weighted by Crippen LogP contribution is 2.32. The van der Waals surface area contributed by atoms with Crippen LogP contribution in [0.25, 0.3) is 16.8 Å². The van der Waals surface area contributed by atoms with Crippen molar-refractivity contribution in [2.24, 2.45) is 7.05 Å². The first-order valence-electron chi connectivity index (χ1n) is 17.1. The fraction of sp³-hybridized carbons (Fsp3) is 0.432. The highest BCUT2D eigenvalue weighted by atomic mass is 35.5. The molecule has 2 saturated heterocycles. The molecule has 2 aliphatic rings. The van der Waals surface area contributed by atoms with Gasteiger partial charge in [-0.05, 0) is 64.5 Å². The number of likely N-dealkylation sites (tertiary alicyclic amines) is 1. The third kappa shape index (κ3) is 7.88. The smallest absolute Gasteiger partial charge is 0.291 e. The number of amides is 3. The van der Waals surface area contributed by atoms with E-state index >= 15 is 8.78 Å². The summed E-state index contributed by atoms with van der Waals surface area (Å²) in [5, 5.41) is 11.1. The minimum atomic E-state index is -1.14. The van der Waals surface area contributed by atoms with E-state index in [4.69, 9.17) is 21.7 Å². The van der Waals surface area contributed by atoms with E-state index in [9.17, 15) is 14.4 Å². The largest absolute Gasteiger partial charge is 0.383 e. The Bertz CT molecular complexity index is 1910. The molecule has 0 aliphatic carbocycles. The summed E-state index contributed by atoms with van der Waals surface area (Å²) in [4.78, 5) is 51.1. The molecule has 12 nitrogen and oxygen atoms in total. The predicted octanol–water partition coefficient (Wildman–Crippen LogP) is 5.00. The maximum absolute atomic E-state index is 15.7. The number of nitrogens with zero attached hydrogens (tertiary/aromatic N) is 6. The zero-order valence-corrected chi connectivity index (χ0v) is 31.1. The lowest BCUT2D eigenvalue weighted by atomic mass is 9.96. The summed E-state index contributed by atoms with van der Waals surface area (Å²) in [5.74, 6) is -3.13. The van der Waals surface area contributed by atoms with Gasteiger partial charge < -0.3 is 34.7 Å². The first-order valence-corrected chi connectivity index (χ1v) is 17.5. The second kappa shape index (κ2) is 16.3. The van der Waals surface area contributed by atoms with Crippen molar-refractivity contribution in [2.45, 2.75) is 32.7 Å². The standard InChI is InChI=1S/C37H45ClF2N8O4/c1-22(41)31(23(2)44(3)18-19-52-6)27-12-11-26(32(39)33(27)40)30-21-42-34(46(30)5)35(49)43-24-9-10-25(28(38)20-24)36(50)47-14-16-48(17-15-47)37(51)29-8-7-13-45(29)4/h9-12,20-21,29,41H,7-8,13-19H2,1-6H3,(H,43,49)/b31-23+,41-22?/t29-/m0/s1. The average molecular weight is 739 g/mol. The Kier molecular flexibility index (Phi) is 12.1. The number of anilines is 1. The van der Waals surface area contributed by atoms with Gasteiger partial charge in [0.1, 0.15) is 0 Å². The second-order valence-electron chi connectivity index (χ2n) is 13.2. The van der Waals surface area contributed by atoms with Gasteiger partial charge in [0.25, 0.3) is 11.8 Å². The minimum absolute atomic E-state index is 0.0563. The average Bonchev–Trinajstić information content (AvgIpc) is 3.73. The molecule has 0 radical (unpaired) electrons. The molecular weight excluding hydrogens is 694 g/mol. The maximum Gasteiger partial charge on any atom is 0.291 e. The monoisotopic (exact) mass is 738 g/mol. The summed E-state index contributed by atoms with van der Waals surface area (Å²) >= 11 is 6.52.